The van der Waals surface area contributed by atoms with E-state index < -0.39 is 10.0 Å². The summed E-state index contributed by atoms with van der Waals surface area (Å²) in [5.41, 5.74) is 0.582. The average molecular weight is 334 g/mol. The topological polar surface area (TPSA) is 66.4 Å². The van der Waals surface area contributed by atoms with Crippen molar-refractivity contribution < 1.29 is 13.5 Å². The van der Waals surface area contributed by atoms with Crippen LogP contribution < -0.4 is 4.72 Å². The zero-order chi connectivity index (χ0) is 13.3. The maximum absolute atomic E-state index is 12.1. The van der Waals surface area contributed by atoms with Crippen molar-refractivity contribution in [1.29, 1.82) is 0 Å². The molecule has 6 heteroatoms. The Morgan fingerprint density at radius 3 is 2.72 bits per heavy atom. The van der Waals surface area contributed by atoms with E-state index in [0.717, 1.165) is 6.42 Å². The fourth-order valence-electron chi connectivity index (χ4n) is 1.83. The summed E-state index contributed by atoms with van der Waals surface area (Å²) >= 11 is 3.23. The van der Waals surface area contributed by atoms with Crippen molar-refractivity contribution in [2.24, 2.45) is 11.8 Å². The molecule has 0 bridgehead atoms. The minimum absolute atomic E-state index is 0.171. The molecule has 1 aliphatic rings. The lowest BCUT2D eigenvalue weighted by atomic mass is 10.2. The molecule has 1 fully saturated rings. The lowest BCUT2D eigenvalue weighted by molar-refractivity contribution is 0.281. The van der Waals surface area contributed by atoms with Crippen LogP contribution in [0.5, 0.6) is 0 Å². The van der Waals surface area contributed by atoms with Gasteiger partial charge in [0, 0.05) is 11.0 Å². The number of nitrogens with one attached hydrogen (secondary N) is 1. The molecular weight excluding hydrogens is 318 g/mol. The Morgan fingerprint density at radius 1 is 1.50 bits per heavy atom. The molecule has 2 atom stereocenters. The summed E-state index contributed by atoms with van der Waals surface area (Å²) in [5.74, 6) is 1.07. The van der Waals surface area contributed by atoms with Crippen molar-refractivity contribution in [1.82, 2.24) is 4.72 Å². The second kappa shape index (κ2) is 5.28. The highest BCUT2D eigenvalue weighted by Crippen LogP contribution is 2.37. The van der Waals surface area contributed by atoms with Gasteiger partial charge >= 0.3 is 0 Å². The fourth-order valence-corrected chi connectivity index (χ4v) is 3.94. The lowest BCUT2D eigenvalue weighted by Crippen LogP contribution is -2.26. The molecular formula is C12H16BrNO3S. The van der Waals surface area contributed by atoms with E-state index in [2.05, 4.69) is 27.6 Å². The molecule has 4 nitrogen and oxygen atoms in total. The second-order valence-corrected chi connectivity index (χ2v) is 7.34. The summed E-state index contributed by atoms with van der Waals surface area (Å²) < 4.78 is 27.4. The highest BCUT2D eigenvalue weighted by Gasteiger charge is 2.33. The van der Waals surface area contributed by atoms with Gasteiger partial charge in [0.05, 0.1) is 11.5 Å². The quantitative estimate of drug-likeness (QED) is 0.864. The zero-order valence-corrected chi connectivity index (χ0v) is 12.5. The van der Waals surface area contributed by atoms with Gasteiger partial charge in [0.1, 0.15) is 0 Å². The first kappa shape index (κ1) is 14.0. The van der Waals surface area contributed by atoms with E-state index in [9.17, 15) is 8.42 Å². The third kappa shape index (κ3) is 3.12. The van der Waals surface area contributed by atoms with Gasteiger partial charge in [-0.05, 0) is 51.9 Å². The van der Waals surface area contributed by atoms with Gasteiger partial charge in [0.25, 0.3) is 0 Å². The van der Waals surface area contributed by atoms with Crippen molar-refractivity contribution in [2.45, 2.75) is 24.8 Å². The Balaban J connectivity index is 2.17. The molecule has 0 radical (unpaired) electrons. The second-order valence-electron chi connectivity index (χ2n) is 4.75. The van der Waals surface area contributed by atoms with Crippen molar-refractivity contribution in [3.8, 4) is 0 Å². The zero-order valence-electron chi connectivity index (χ0n) is 10.1. The number of aliphatic hydroxyl groups is 1. The van der Waals surface area contributed by atoms with E-state index in [1.54, 1.807) is 12.1 Å². The molecule has 1 aromatic rings. The number of hydrogen-bond acceptors (Lipinski definition) is 3. The van der Waals surface area contributed by atoms with Crippen LogP contribution in [0, 0.1) is 11.8 Å². The van der Waals surface area contributed by atoms with Crippen LogP contribution in [0.1, 0.15) is 18.9 Å². The minimum atomic E-state index is -3.51. The SMILES string of the molecule is CC1CC1CNS(=O)(=O)c1cc(CO)ccc1Br. The maximum atomic E-state index is 12.1. The van der Waals surface area contributed by atoms with Crippen LogP contribution >= 0.6 is 15.9 Å². The largest absolute Gasteiger partial charge is 0.392 e. The number of benzene rings is 1. The molecule has 0 aliphatic heterocycles. The molecule has 1 saturated carbocycles. The van der Waals surface area contributed by atoms with E-state index in [0.29, 0.717) is 28.4 Å². The maximum Gasteiger partial charge on any atom is 0.241 e. The third-order valence-electron chi connectivity index (χ3n) is 3.28. The van der Waals surface area contributed by atoms with E-state index in [1.165, 1.54) is 6.07 Å². The average Bonchev–Trinajstić information content (AvgIpc) is 3.03. The normalized spacial score (nSPS) is 23.1. The van der Waals surface area contributed by atoms with Crippen LogP contribution in [0.2, 0.25) is 0 Å². The number of halogens is 1. The lowest BCUT2D eigenvalue weighted by Gasteiger charge is -2.09. The van der Waals surface area contributed by atoms with E-state index in [1.807, 2.05) is 0 Å². The molecule has 1 aromatic carbocycles. The summed E-state index contributed by atoms with van der Waals surface area (Å²) in [4.78, 5) is 0.183. The highest BCUT2D eigenvalue weighted by molar-refractivity contribution is 9.10. The fraction of sp³-hybridized carbons (Fsp3) is 0.500. The van der Waals surface area contributed by atoms with E-state index in [4.69, 9.17) is 5.11 Å². The van der Waals surface area contributed by atoms with Crippen LogP contribution in [-0.2, 0) is 16.6 Å². The molecule has 0 aromatic heterocycles. The van der Waals surface area contributed by atoms with Crippen LogP contribution in [-0.4, -0.2) is 20.1 Å². The molecule has 0 amide bonds. The minimum Gasteiger partial charge on any atom is -0.392 e. The van der Waals surface area contributed by atoms with Crippen molar-refractivity contribution in [3.63, 3.8) is 0 Å². The van der Waals surface area contributed by atoms with E-state index in [-0.39, 0.29) is 11.5 Å². The van der Waals surface area contributed by atoms with Gasteiger partial charge in [0.15, 0.2) is 0 Å². The first-order chi connectivity index (χ1) is 8.44. The van der Waals surface area contributed by atoms with Crippen molar-refractivity contribution in [2.75, 3.05) is 6.54 Å². The summed E-state index contributed by atoms with van der Waals surface area (Å²) in [6, 6.07) is 4.81. The Morgan fingerprint density at radius 2 is 2.17 bits per heavy atom. The summed E-state index contributed by atoms with van der Waals surface area (Å²) in [7, 11) is -3.51. The summed E-state index contributed by atoms with van der Waals surface area (Å²) in [5, 5.41) is 9.05. The van der Waals surface area contributed by atoms with Gasteiger partial charge < -0.3 is 5.11 Å². The molecule has 2 unspecified atom stereocenters. The molecule has 18 heavy (non-hydrogen) atoms. The summed E-state index contributed by atoms with van der Waals surface area (Å²) in [6.07, 6.45) is 1.08. The van der Waals surface area contributed by atoms with Gasteiger partial charge in [0.2, 0.25) is 10.0 Å². The summed E-state index contributed by atoms with van der Waals surface area (Å²) in [6.45, 7) is 2.43. The predicted molar refractivity (Wildman–Crippen MR) is 72.5 cm³/mol. The van der Waals surface area contributed by atoms with Crippen LogP contribution in [0.25, 0.3) is 0 Å². The molecule has 0 spiro atoms. The van der Waals surface area contributed by atoms with Crippen molar-refractivity contribution in [3.05, 3.63) is 28.2 Å². The Labute approximate surface area is 116 Å². The standard InChI is InChI=1S/C12H16BrNO3S/c1-8-4-10(8)6-14-18(16,17)12-5-9(7-15)2-3-11(12)13/h2-3,5,8,10,14-15H,4,6-7H2,1H3. The molecule has 2 rings (SSSR count). The third-order valence-corrected chi connectivity index (χ3v) is 5.70. The van der Waals surface area contributed by atoms with Gasteiger partial charge in [-0.1, -0.05) is 13.0 Å². The molecule has 1 aliphatic carbocycles. The predicted octanol–water partition coefficient (Wildman–Crippen LogP) is 1.88. The molecule has 100 valence electrons. The number of aliphatic hydroxyl groups excluding tert-OH is 1. The number of sulfonamides is 1. The Bertz CT molecular complexity index is 544. The number of rotatable bonds is 5. The Hall–Kier alpha value is -0.430. The van der Waals surface area contributed by atoms with Crippen LogP contribution in [0.3, 0.4) is 0 Å². The van der Waals surface area contributed by atoms with Crippen molar-refractivity contribution >= 4 is 26.0 Å². The van der Waals surface area contributed by atoms with Gasteiger partial charge in [-0.2, -0.15) is 0 Å². The van der Waals surface area contributed by atoms with Gasteiger partial charge in [-0.3, -0.25) is 0 Å². The first-order valence-electron chi connectivity index (χ1n) is 5.83. The van der Waals surface area contributed by atoms with Crippen LogP contribution in [0.15, 0.2) is 27.6 Å². The number of hydrogen-bond donors (Lipinski definition) is 2. The monoisotopic (exact) mass is 333 g/mol. The molecule has 0 saturated heterocycles. The first-order valence-corrected chi connectivity index (χ1v) is 8.10. The molecule has 2 N–H and O–H groups in total. The van der Waals surface area contributed by atoms with Crippen LogP contribution in [0.4, 0.5) is 0 Å². The smallest absolute Gasteiger partial charge is 0.241 e. The van der Waals surface area contributed by atoms with Gasteiger partial charge in [-0.25, -0.2) is 13.1 Å². The van der Waals surface area contributed by atoms with E-state index >= 15 is 0 Å². The molecule has 0 heterocycles. The van der Waals surface area contributed by atoms with Gasteiger partial charge in [-0.15, -0.1) is 0 Å². The Kier molecular flexibility index (Phi) is 4.11. The highest BCUT2D eigenvalue weighted by atomic mass is 79.9.